The molecular weight excluding hydrogens is 570 g/mol. The molecule has 0 atom stereocenters. The number of rotatable bonds is 9. The van der Waals surface area contributed by atoms with Gasteiger partial charge >= 0.3 is 5.97 Å². The van der Waals surface area contributed by atoms with E-state index in [1.807, 2.05) is 48.2 Å². The van der Waals surface area contributed by atoms with Gasteiger partial charge in [0.05, 0.1) is 29.4 Å². The maximum absolute atomic E-state index is 12.5. The second-order valence-corrected chi connectivity index (χ2v) is 11.2. The highest BCUT2D eigenvalue weighted by atomic mass is 16.5. The fourth-order valence-corrected chi connectivity index (χ4v) is 5.33. The number of nitriles is 1. The van der Waals surface area contributed by atoms with Crippen LogP contribution in [0, 0.1) is 18.3 Å². The Bertz CT molecular complexity index is 1420. The molecule has 45 heavy (non-hydrogen) atoms. The largest absolute Gasteiger partial charge is 0.490 e. The summed E-state index contributed by atoms with van der Waals surface area (Å²) >= 11 is 0. The van der Waals surface area contributed by atoms with Crippen molar-refractivity contribution in [3.8, 4) is 11.8 Å². The molecule has 10 heteroatoms. The molecule has 0 unspecified atom stereocenters. The molecule has 5 rings (SSSR count). The second kappa shape index (κ2) is 16.9. The first-order chi connectivity index (χ1) is 21.9. The molecule has 0 saturated carbocycles. The van der Waals surface area contributed by atoms with E-state index in [-0.39, 0.29) is 18.0 Å². The summed E-state index contributed by atoms with van der Waals surface area (Å²) in [5.74, 6) is 0.400. The van der Waals surface area contributed by atoms with Gasteiger partial charge in [0.25, 0.3) is 5.91 Å². The number of piperidine rings is 2. The van der Waals surface area contributed by atoms with Crippen LogP contribution in [0.2, 0.25) is 0 Å². The van der Waals surface area contributed by atoms with Gasteiger partial charge in [0.2, 0.25) is 6.41 Å². The maximum atomic E-state index is 12.5. The summed E-state index contributed by atoms with van der Waals surface area (Å²) in [6.45, 7) is 8.26. The zero-order valence-corrected chi connectivity index (χ0v) is 26.0. The lowest BCUT2D eigenvalue weighted by molar-refractivity contribution is -0.110. The van der Waals surface area contributed by atoms with Crippen molar-refractivity contribution in [3.05, 3.63) is 94.8 Å². The van der Waals surface area contributed by atoms with E-state index in [1.54, 1.807) is 37.4 Å². The van der Waals surface area contributed by atoms with Crippen molar-refractivity contribution in [1.29, 1.82) is 5.26 Å². The maximum Gasteiger partial charge on any atom is 0.338 e. The van der Waals surface area contributed by atoms with Crippen LogP contribution in [0.4, 0.5) is 0 Å². The molecule has 2 aliphatic rings. The SMILES string of the molecule is CCOC(=O)c1ccc(OC2CCN(C(=O)c3ccc(C)nc3)CC2)cc1.N#Cc1ccc(CN2CCC(NC=O)CC2)cc1. The Morgan fingerprint density at radius 3 is 2.20 bits per heavy atom. The zero-order valence-electron chi connectivity index (χ0n) is 26.0. The topological polar surface area (TPSA) is 125 Å². The van der Waals surface area contributed by atoms with Crippen LogP contribution in [0.15, 0.2) is 66.9 Å². The average Bonchev–Trinajstić information content (AvgIpc) is 3.07. The first kappa shape index (κ1) is 33.1. The molecule has 1 N–H and O–H groups in total. The molecule has 2 fully saturated rings. The lowest BCUT2D eigenvalue weighted by Gasteiger charge is -2.32. The number of carbonyl (C=O) groups excluding carboxylic acids is 3. The van der Waals surface area contributed by atoms with Crippen LogP contribution in [-0.4, -0.2) is 78.0 Å². The molecule has 236 valence electrons. The van der Waals surface area contributed by atoms with Gasteiger partial charge < -0.3 is 19.7 Å². The van der Waals surface area contributed by atoms with Gasteiger partial charge in [-0.1, -0.05) is 12.1 Å². The van der Waals surface area contributed by atoms with Crippen LogP contribution >= 0.6 is 0 Å². The Kier molecular flexibility index (Phi) is 12.5. The summed E-state index contributed by atoms with van der Waals surface area (Å²) in [7, 11) is 0. The molecule has 3 aromatic rings. The van der Waals surface area contributed by atoms with Crippen LogP contribution < -0.4 is 10.1 Å². The number of likely N-dealkylation sites (tertiary alicyclic amines) is 2. The molecular formula is C35H41N5O5. The van der Waals surface area contributed by atoms with Crippen molar-refractivity contribution >= 4 is 18.3 Å². The zero-order chi connectivity index (χ0) is 32.0. The molecule has 0 radical (unpaired) electrons. The van der Waals surface area contributed by atoms with Gasteiger partial charge in [0, 0.05) is 63.5 Å². The minimum Gasteiger partial charge on any atom is -0.490 e. The second-order valence-electron chi connectivity index (χ2n) is 11.2. The first-order valence-electron chi connectivity index (χ1n) is 15.4. The van der Waals surface area contributed by atoms with Crippen LogP contribution in [0.5, 0.6) is 5.75 Å². The summed E-state index contributed by atoms with van der Waals surface area (Å²) in [6, 6.07) is 20.8. The van der Waals surface area contributed by atoms with Gasteiger partial charge in [0.15, 0.2) is 0 Å². The molecule has 2 saturated heterocycles. The molecule has 1 aromatic heterocycles. The summed E-state index contributed by atoms with van der Waals surface area (Å²) < 4.78 is 11.0. The van der Waals surface area contributed by atoms with E-state index in [0.717, 1.165) is 63.2 Å². The van der Waals surface area contributed by atoms with Gasteiger partial charge in [0.1, 0.15) is 11.9 Å². The van der Waals surface area contributed by atoms with Crippen molar-refractivity contribution in [2.24, 2.45) is 0 Å². The number of benzene rings is 2. The molecule has 2 aromatic carbocycles. The van der Waals surface area contributed by atoms with Crippen LogP contribution in [0.3, 0.4) is 0 Å². The minimum absolute atomic E-state index is 0.0136. The third-order valence-electron chi connectivity index (χ3n) is 7.94. The van der Waals surface area contributed by atoms with Gasteiger partial charge in [-0.2, -0.15) is 5.26 Å². The van der Waals surface area contributed by atoms with E-state index in [1.165, 1.54) is 5.56 Å². The van der Waals surface area contributed by atoms with Crippen LogP contribution in [0.25, 0.3) is 0 Å². The predicted molar refractivity (Wildman–Crippen MR) is 170 cm³/mol. The Labute approximate surface area is 265 Å². The highest BCUT2D eigenvalue weighted by Crippen LogP contribution is 2.21. The highest BCUT2D eigenvalue weighted by Gasteiger charge is 2.25. The highest BCUT2D eigenvalue weighted by molar-refractivity contribution is 5.94. The number of aryl methyl sites for hydroxylation is 1. The van der Waals surface area contributed by atoms with E-state index >= 15 is 0 Å². The lowest BCUT2D eigenvalue weighted by Crippen LogP contribution is -2.41. The minimum atomic E-state index is -0.332. The average molecular weight is 612 g/mol. The van der Waals surface area contributed by atoms with Gasteiger partial charge in [-0.25, -0.2) is 4.79 Å². The van der Waals surface area contributed by atoms with Gasteiger partial charge in [-0.3, -0.25) is 19.5 Å². The van der Waals surface area contributed by atoms with Gasteiger partial charge in [-0.15, -0.1) is 0 Å². The van der Waals surface area contributed by atoms with E-state index in [0.29, 0.717) is 42.4 Å². The number of ether oxygens (including phenoxy) is 2. The molecule has 2 amide bonds. The molecule has 0 spiro atoms. The van der Waals surface area contributed by atoms with Crippen molar-refractivity contribution < 1.29 is 23.9 Å². The molecule has 0 bridgehead atoms. The lowest BCUT2D eigenvalue weighted by atomic mass is 10.0. The Hall–Kier alpha value is -4.75. The summed E-state index contributed by atoms with van der Waals surface area (Å²) in [5.41, 5.74) is 3.96. The number of esters is 1. The summed E-state index contributed by atoms with van der Waals surface area (Å²) in [5, 5.41) is 11.6. The van der Waals surface area contributed by atoms with Gasteiger partial charge in [-0.05, 0) is 80.8 Å². The number of nitrogens with zero attached hydrogens (tertiary/aromatic N) is 4. The third-order valence-corrected chi connectivity index (χ3v) is 7.94. The van der Waals surface area contributed by atoms with Crippen LogP contribution in [0.1, 0.15) is 70.1 Å². The smallest absolute Gasteiger partial charge is 0.338 e. The Balaban J connectivity index is 0.000000222. The fraction of sp³-hybridized carbons (Fsp3) is 0.400. The molecule has 0 aliphatic carbocycles. The molecule has 10 nitrogen and oxygen atoms in total. The van der Waals surface area contributed by atoms with E-state index in [9.17, 15) is 14.4 Å². The quantitative estimate of drug-likeness (QED) is 0.277. The number of carbonyl (C=O) groups is 3. The van der Waals surface area contributed by atoms with Crippen molar-refractivity contribution in [1.82, 2.24) is 20.1 Å². The monoisotopic (exact) mass is 611 g/mol. The number of hydrogen-bond acceptors (Lipinski definition) is 8. The first-order valence-corrected chi connectivity index (χ1v) is 15.4. The number of nitrogens with one attached hydrogen (secondary N) is 1. The van der Waals surface area contributed by atoms with Crippen molar-refractivity contribution in [3.63, 3.8) is 0 Å². The van der Waals surface area contributed by atoms with Crippen molar-refractivity contribution in [2.75, 3.05) is 32.8 Å². The van der Waals surface area contributed by atoms with E-state index in [4.69, 9.17) is 14.7 Å². The van der Waals surface area contributed by atoms with Crippen LogP contribution in [-0.2, 0) is 16.1 Å². The number of amides is 2. The van der Waals surface area contributed by atoms with Crippen molar-refractivity contribution in [2.45, 2.75) is 58.2 Å². The number of aromatic nitrogens is 1. The third kappa shape index (κ3) is 10.2. The predicted octanol–water partition coefficient (Wildman–Crippen LogP) is 4.52. The van der Waals surface area contributed by atoms with E-state index in [2.05, 4.69) is 21.3 Å². The number of pyridine rings is 1. The molecule has 3 heterocycles. The normalized spacial score (nSPS) is 15.6. The Morgan fingerprint density at radius 2 is 1.62 bits per heavy atom. The number of hydrogen-bond donors (Lipinski definition) is 1. The van der Waals surface area contributed by atoms with E-state index < -0.39 is 0 Å². The summed E-state index contributed by atoms with van der Waals surface area (Å²) in [4.78, 5) is 43.0. The Morgan fingerprint density at radius 1 is 0.956 bits per heavy atom. The fourth-order valence-electron chi connectivity index (χ4n) is 5.33. The molecule has 2 aliphatic heterocycles. The standard InChI is InChI=1S/C21H24N2O4.C14H17N3O/c1-3-26-21(25)16-6-8-18(9-7-16)27-19-10-12-23(13-11-19)20(24)17-5-4-15(2)22-14-17;15-9-12-1-3-13(4-2-12)10-17-7-5-14(6-8-17)16-11-18/h4-9,14,19H,3,10-13H2,1-2H3;1-4,11,14H,5-8,10H2,(H,16,18). The summed E-state index contributed by atoms with van der Waals surface area (Å²) in [6.07, 6.45) is 6.03.